The van der Waals surface area contributed by atoms with Gasteiger partial charge in [0.15, 0.2) is 11.5 Å². The summed E-state index contributed by atoms with van der Waals surface area (Å²) < 4.78 is 10.7. The third kappa shape index (κ3) is 7.14. The van der Waals surface area contributed by atoms with Gasteiger partial charge >= 0.3 is 0 Å². The van der Waals surface area contributed by atoms with Crippen molar-refractivity contribution in [1.82, 2.24) is 4.90 Å². The molecule has 0 bridgehead atoms. The van der Waals surface area contributed by atoms with Gasteiger partial charge in [-0.3, -0.25) is 9.59 Å². The maximum atomic E-state index is 13.9. The first-order chi connectivity index (χ1) is 17.0. The van der Waals surface area contributed by atoms with Crippen LogP contribution in [0.4, 0.5) is 5.69 Å². The van der Waals surface area contributed by atoms with Crippen molar-refractivity contribution in [3.05, 3.63) is 52.5 Å². The molecule has 2 amide bonds. The van der Waals surface area contributed by atoms with E-state index in [0.717, 1.165) is 31.2 Å². The maximum absolute atomic E-state index is 13.9. The van der Waals surface area contributed by atoms with Gasteiger partial charge in [-0.1, -0.05) is 45.2 Å². The summed E-state index contributed by atoms with van der Waals surface area (Å²) in [6, 6.07) is 10.3. The Kier molecular flexibility index (Phi) is 9.25. The lowest BCUT2D eigenvalue weighted by Gasteiger charge is -2.39. The second-order valence-electron chi connectivity index (χ2n) is 10.6. The van der Waals surface area contributed by atoms with E-state index in [9.17, 15) is 9.59 Å². The van der Waals surface area contributed by atoms with E-state index in [1.54, 1.807) is 44.6 Å². The first-order valence-corrected chi connectivity index (χ1v) is 12.8. The number of nitrogens with zero attached hydrogens (tertiary/aromatic N) is 1. The molecule has 2 aromatic rings. The molecule has 8 heteroatoms. The Balaban J connectivity index is 1.92. The number of carbonyl (C=O) groups is 2. The number of hydrogen-bond acceptors (Lipinski definition) is 5. The molecular formula is C28H38ClN3O4. The van der Waals surface area contributed by atoms with Gasteiger partial charge in [0.1, 0.15) is 0 Å². The van der Waals surface area contributed by atoms with Crippen LogP contribution < -0.4 is 20.5 Å². The fourth-order valence-electron chi connectivity index (χ4n) is 4.65. The summed E-state index contributed by atoms with van der Waals surface area (Å²) in [4.78, 5) is 28.2. The van der Waals surface area contributed by atoms with E-state index < -0.39 is 0 Å². The molecule has 0 radical (unpaired) electrons. The number of methoxy groups -OCH3 is 2. The van der Waals surface area contributed by atoms with Gasteiger partial charge in [-0.2, -0.15) is 0 Å². The number of ether oxygens (including phenoxy) is 2. The summed E-state index contributed by atoms with van der Waals surface area (Å²) in [7, 11) is 3.10. The minimum Gasteiger partial charge on any atom is -0.493 e. The molecule has 3 rings (SSSR count). The number of rotatable bonds is 8. The molecule has 0 spiro atoms. The minimum absolute atomic E-state index is 0.0664. The number of anilines is 1. The highest BCUT2D eigenvalue weighted by atomic mass is 35.5. The smallest absolute Gasteiger partial charge is 0.254 e. The molecule has 1 aliphatic carbocycles. The number of halogens is 1. The van der Waals surface area contributed by atoms with Gasteiger partial charge in [0.2, 0.25) is 5.91 Å². The number of nitrogens with one attached hydrogen (secondary N) is 1. The van der Waals surface area contributed by atoms with E-state index in [1.807, 2.05) is 31.7 Å². The summed E-state index contributed by atoms with van der Waals surface area (Å²) >= 11 is 6.58. The fraction of sp³-hybridized carbons (Fsp3) is 0.500. The molecule has 0 saturated heterocycles. The summed E-state index contributed by atoms with van der Waals surface area (Å²) in [5, 5.41) is 3.49. The third-order valence-corrected chi connectivity index (χ3v) is 6.80. The standard InChI is InChI=1S/C28H38ClN3O4/c1-28(2,3)16-26(33)31-20-11-12-21(29)19(14-20)17-32(23-9-7-6-8-22(23)30)27(34)18-10-13-24(35-4)25(15-18)36-5/h10-15,22-23H,6-9,16-17,30H2,1-5H3,(H,31,33). The number of benzene rings is 2. The lowest BCUT2D eigenvalue weighted by molar-refractivity contribution is -0.117. The van der Waals surface area contributed by atoms with Crippen LogP contribution in [-0.4, -0.2) is 43.0 Å². The first kappa shape index (κ1) is 27.8. The third-order valence-electron chi connectivity index (χ3n) is 6.43. The molecule has 1 fully saturated rings. The zero-order valence-corrected chi connectivity index (χ0v) is 22.7. The van der Waals surface area contributed by atoms with Gasteiger partial charge in [0.05, 0.1) is 14.2 Å². The largest absolute Gasteiger partial charge is 0.493 e. The zero-order valence-electron chi connectivity index (χ0n) is 21.9. The van der Waals surface area contributed by atoms with E-state index >= 15 is 0 Å². The fourth-order valence-corrected chi connectivity index (χ4v) is 4.82. The van der Waals surface area contributed by atoms with Gasteiger partial charge in [-0.05, 0) is 60.2 Å². The van der Waals surface area contributed by atoms with Crippen LogP contribution in [0.3, 0.4) is 0 Å². The van der Waals surface area contributed by atoms with Crippen LogP contribution in [0.1, 0.15) is 68.8 Å². The lowest BCUT2D eigenvalue weighted by Crippen LogP contribution is -2.51. The highest BCUT2D eigenvalue weighted by Crippen LogP contribution is 2.32. The summed E-state index contributed by atoms with van der Waals surface area (Å²) in [6.07, 6.45) is 4.12. The average molecular weight is 516 g/mol. The maximum Gasteiger partial charge on any atom is 0.254 e. The second-order valence-corrected chi connectivity index (χ2v) is 11.0. The normalized spacial score (nSPS) is 17.9. The molecule has 196 valence electrons. The topological polar surface area (TPSA) is 93.9 Å². The molecule has 1 saturated carbocycles. The number of nitrogens with two attached hydrogens (primary N) is 1. The van der Waals surface area contributed by atoms with Crippen LogP contribution in [-0.2, 0) is 11.3 Å². The van der Waals surface area contributed by atoms with Gasteiger partial charge < -0.3 is 25.4 Å². The van der Waals surface area contributed by atoms with E-state index in [-0.39, 0.29) is 35.9 Å². The van der Waals surface area contributed by atoms with Gasteiger partial charge in [0.25, 0.3) is 5.91 Å². The van der Waals surface area contributed by atoms with Crippen molar-refractivity contribution in [1.29, 1.82) is 0 Å². The first-order valence-electron chi connectivity index (χ1n) is 12.4. The minimum atomic E-state index is -0.156. The highest BCUT2D eigenvalue weighted by Gasteiger charge is 2.32. The molecule has 0 aromatic heterocycles. The van der Waals surface area contributed by atoms with E-state index in [4.69, 9.17) is 26.8 Å². The van der Waals surface area contributed by atoms with Crippen LogP contribution in [0.15, 0.2) is 36.4 Å². The van der Waals surface area contributed by atoms with Crippen molar-refractivity contribution < 1.29 is 19.1 Å². The molecule has 2 atom stereocenters. The monoisotopic (exact) mass is 515 g/mol. The summed E-state index contributed by atoms with van der Waals surface area (Å²) in [5.74, 6) is 0.814. The van der Waals surface area contributed by atoms with E-state index in [2.05, 4.69) is 5.32 Å². The van der Waals surface area contributed by atoms with Crippen LogP contribution in [0.25, 0.3) is 0 Å². The summed E-state index contributed by atoms with van der Waals surface area (Å²) in [6.45, 7) is 6.33. The zero-order chi connectivity index (χ0) is 26.5. The molecule has 3 N–H and O–H groups in total. The Morgan fingerprint density at radius 3 is 2.39 bits per heavy atom. The Labute approximate surface area is 219 Å². The molecule has 2 unspecified atom stereocenters. The predicted octanol–water partition coefficient (Wildman–Crippen LogP) is 5.64. The molecule has 7 nitrogen and oxygen atoms in total. The van der Waals surface area contributed by atoms with E-state index in [0.29, 0.717) is 34.2 Å². The molecular weight excluding hydrogens is 478 g/mol. The van der Waals surface area contributed by atoms with Crippen molar-refractivity contribution in [3.8, 4) is 11.5 Å². The van der Waals surface area contributed by atoms with Crippen LogP contribution in [0, 0.1) is 5.41 Å². The van der Waals surface area contributed by atoms with Crippen LogP contribution >= 0.6 is 11.6 Å². The SMILES string of the molecule is COc1ccc(C(=O)N(Cc2cc(NC(=O)CC(C)(C)C)ccc2Cl)C2CCCCC2N)cc1OC. The highest BCUT2D eigenvalue weighted by molar-refractivity contribution is 6.31. The molecule has 0 aliphatic heterocycles. The van der Waals surface area contributed by atoms with Gasteiger partial charge in [-0.15, -0.1) is 0 Å². The molecule has 36 heavy (non-hydrogen) atoms. The Morgan fingerprint density at radius 2 is 1.75 bits per heavy atom. The number of amides is 2. The molecule has 1 aliphatic rings. The quantitative estimate of drug-likeness (QED) is 0.474. The van der Waals surface area contributed by atoms with Crippen molar-refractivity contribution in [3.63, 3.8) is 0 Å². The summed E-state index contributed by atoms with van der Waals surface area (Å²) in [5.41, 5.74) is 8.27. The predicted molar refractivity (Wildman–Crippen MR) is 144 cm³/mol. The van der Waals surface area contributed by atoms with Crippen molar-refractivity contribution in [2.45, 2.75) is 71.5 Å². The average Bonchev–Trinajstić information content (AvgIpc) is 2.82. The lowest BCUT2D eigenvalue weighted by atomic mass is 9.89. The van der Waals surface area contributed by atoms with E-state index in [1.165, 1.54) is 0 Å². The van der Waals surface area contributed by atoms with Crippen LogP contribution in [0.2, 0.25) is 5.02 Å². The second kappa shape index (κ2) is 12.0. The molecule has 2 aromatic carbocycles. The Hall–Kier alpha value is -2.77. The van der Waals surface area contributed by atoms with Crippen molar-refractivity contribution >= 4 is 29.1 Å². The number of hydrogen-bond donors (Lipinski definition) is 2. The Bertz CT molecular complexity index is 1080. The van der Waals surface area contributed by atoms with Gasteiger partial charge in [-0.25, -0.2) is 0 Å². The molecule has 0 heterocycles. The van der Waals surface area contributed by atoms with Crippen molar-refractivity contribution in [2.75, 3.05) is 19.5 Å². The Morgan fingerprint density at radius 1 is 1.06 bits per heavy atom. The number of carbonyl (C=O) groups excluding carboxylic acids is 2. The van der Waals surface area contributed by atoms with Gasteiger partial charge in [0, 0.05) is 41.3 Å². The van der Waals surface area contributed by atoms with Crippen LogP contribution in [0.5, 0.6) is 11.5 Å². The van der Waals surface area contributed by atoms with Crippen molar-refractivity contribution in [2.24, 2.45) is 11.1 Å².